The number of hydrogen-bond acceptors (Lipinski definition) is 16. The Bertz CT molecular complexity index is 1340. The van der Waals surface area contributed by atoms with Gasteiger partial charge in [-0.05, 0) is 62.6 Å². The van der Waals surface area contributed by atoms with Gasteiger partial charge >= 0.3 is 0 Å². The minimum Gasteiger partial charge on any atom is -0.482 e. The van der Waals surface area contributed by atoms with Crippen LogP contribution in [-0.4, -0.2) is 200 Å². The predicted octanol–water partition coefficient (Wildman–Crippen LogP) is 2.80. The van der Waals surface area contributed by atoms with Crippen LogP contribution < -0.4 is 9.47 Å². The van der Waals surface area contributed by atoms with E-state index < -0.39 is 11.0 Å². The maximum Gasteiger partial charge on any atom is 0.189 e. The first-order valence-corrected chi connectivity index (χ1v) is 22.3. The van der Waals surface area contributed by atoms with Crippen LogP contribution in [0.4, 0.5) is 0 Å². The van der Waals surface area contributed by atoms with Gasteiger partial charge in [-0.1, -0.05) is 12.5 Å². The maximum absolute atomic E-state index is 12.9. The fourth-order valence-corrected chi connectivity index (χ4v) is 9.43. The molecule has 2 saturated carbocycles. The van der Waals surface area contributed by atoms with E-state index in [1.807, 2.05) is 6.07 Å². The third-order valence-electron chi connectivity index (χ3n) is 12.5. The Labute approximate surface area is 356 Å². The molecule has 1 aromatic carbocycles. The van der Waals surface area contributed by atoms with Gasteiger partial charge in [0, 0.05) is 32.4 Å². The summed E-state index contributed by atoms with van der Waals surface area (Å²) in [4.78, 5) is 2.60. The van der Waals surface area contributed by atoms with Crippen molar-refractivity contribution in [3.8, 4) is 11.5 Å². The zero-order valence-electron chi connectivity index (χ0n) is 36.3. The molecule has 2 heterocycles. The first-order valence-electron chi connectivity index (χ1n) is 22.3. The lowest BCUT2D eigenvalue weighted by atomic mass is 9.48. The summed E-state index contributed by atoms with van der Waals surface area (Å²) in [6.07, 6.45) is 6.45. The Balaban J connectivity index is 0.810. The van der Waals surface area contributed by atoms with Crippen molar-refractivity contribution in [2.24, 2.45) is 5.92 Å². The minimum atomic E-state index is -0.903. The van der Waals surface area contributed by atoms with Crippen molar-refractivity contribution in [3.05, 3.63) is 23.3 Å². The molecule has 0 aromatic heterocycles. The monoisotopic (exact) mass is 855 g/mol. The topological polar surface area (TPSA) is 153 Å². The highest BCUT2D eigenvalue weighted by molar-refractivity contribution is 5.63. The van der Waals surface area contributed by atoms with Gasteiger partial charge in [-0.3, -0.25) is 4.90 Å². The molecule has 60 heavy (non-hydrogen) atoms. The Morgan fingerprint density at radius 3 is 1.67 bits per heavy atom. The highest BCUT2D eigenvalue weighted by Gasteiger charge is 2.73. The fourth-order valence-electron chi connectivity index (χ4n) is 9.43. The SMILES string of the molecule is COCCOCCOCCOCCOCCOCCOCCOCCOCCOC1CC[C@@]2(O)[C@H]3Cc4ccc(OCOCCOC)c5c4[C@@]2(CCN3CC2CCC2)[C@H]1O5. The molecule has 16 heteroatoms. The molecule has 3 aliphatic carbocycles. The average molecular weight is 856 g/mol. The van der Waals surface area contributed by atoms with Crippen LogP contribution in [0.5, 0.6) is 11.5 Å². The van der Waals surface area contributed by atoms with E-state index in [0.717, 1.165) is 49.6 Å². The van der Waals surface area contributed by atoms with Gasteiger partial charge in [-0.2, -0.15) is 0 Å². The van der Waals surface area contributed by atoms with Crippen molar-refractivity contribution in [3.63, 3.8) is 0 Å². The van der Waals surface area contributed by atoms with Gasteiger partial charge in [0.15, 0.2) is 18.3 Å². The Kier molecular flexibility index (Phi) is 20.8. The number of ether oxygens (including phenoxy) is 14. The molecule has 1 aromatic rings. The molecule has 1 saturated heterocycles. The van der Waals surface area contributed by atoms with Crippen LogP contribution in [0.15, 0.2) is 12.1 Å². The molecule has 0 radical (unpaired) electrons. The minimum absolute atomic E-state index is 0.0613. The zero-order chi connectivity index (χ0) is 41.7. The number of nitrogens with zero attached hydrogens (tertiary/aromatic N) is 1. The molecular formula is C44H73NO15. The summed E-state index contributed by atoms with van der Waals surface area (Å²) in [5.74, 6) is 2.14. The summed E-state index contributed by atoms with van der Waals surface area (Å²) in [5.41, 5.74) is 0.922. The molecule has 5 atom stereocenters. The smallest absolute Gasteiger partial charge is 0.189 e. The summed E-state index contributed by atoms with van der Waals surface area (Å²) in [5, 5.41) is 12.9. The average Bonchev–Trinajstić information content (AvgIpc) is 3.59. The lowest BCUT2D eigenvalue weighted by molar-refractivity contribution is -0.218. The van der Waals surface area contributed by atoms with Crippen molar-refractivity contribution >= 4 is 0 Å². The Morgan fingerprint density at radius 2 is 1.15 bits per heavy atom. The van der Waals surface area contributed by atoms with Crippen molar-refractivity contribution in [2.45, 2.75) is 74.2 Å². The molecule has 0 amide bonds. The highest BCUT2D eigenvalue weighted by Crippen LogP contribution is 2.66. The lowest BCUT2D eigenvalue weighted by Gasteiger charge is -2.64. The molecule has 16 nitrogen and oxygen atoms in total. The number of methoxy groups -OCH3 is 2. The first-order chi connectivity index (χ1) is 29.6. The van der Waals surface area contributed by atoms with Gasteiger partial charge < -0.3 is 71.4 Å². The van der Waals surface area contributed by atoms with E-state index in [4.69, 9.17) is 66.3 Å². The zero-order valence-corrected chi connectivity index (χ0v) is 36.3. The maximum atomic E-state index is 12.9. The van der Waals surface area contributed by atoms with Gasteiger partial charge in [0.05, 0.1) is 149 Å². The molecule has 1 spiro atoms. The fraction of sp³-hybridized carbons (Fsp3) is 0.864. The molecule has 3 fully saturated rings. The lowest BCUT2D eigenvalue weighted by Crippen LogP contribution is -2.77. The second kappa shape index (κ2) is 26.1. The van der Waals surface area contributed by atoms with E-state index in [2.05, 4.69) is 11.0 Å². The van der Waals surface area contributed by atoms with Crippen LogP contribution in [0.1, 0.15) is 49.7 Å². The van der Waals surface area contributed by atoms with E-state index in [9.17, 15) is 5.11 Å². The van der Waals surface area contributed by atoms with E-state index in [-0.39, 0.29) is 25.0 Å². The summed E-state index contributed by atoms with van der Waals surface area (Å²) in [6, 6.07) is 4.25. The third-order valence-corrected chi connectivity index (χ3v) is 12.5. The number of benzene rings is 1. The molecule has 2 bridgehead atoms. The van der Waals surface area contributed by atoms with Crippen LogP contribution in [0.25, 0.3) is 0 Å². The van der Waals surface area contributed by atoms with Crippen molar-refractivity contribution in [2.75, 3.05) is 166 Å². The van der Waals surface area contributed by atoms with E-state index in [0.29, 0.717) is 144 Å². The van der Waals surface area contributed by atoms with Crippen LogP contribution in [0.3, 0.4) is 0 Å². The third kappa shape index (κ3) is 12.7. The number of aliphatic hydroxyl groups is 1. The molecule has 1 N–H and O–H groups in total. The van der Waals surface area contributed by atoms with Crippen LogP contribution in [0, 0.1) is 5.92 Å². The predicted molar refractivity (Wildman–Crippen MR) is 219 cm³/mol. The number of likely N-dealkylation sites (tertiary alicyclic amines) is 1. The quantitative estimate of drug-likeness (QED) is 0.0778. The molecule has 2 aliphatic heterocycles. The van der Waals surface area contributed by atoms with Gasteiger partial charge in [-0.25, -0.2) is 0 Å². The number of piperidine rings is 1. The standard InChI is InChI=1S/C44H73NO15/c1-47-12-14-49-16-17-50-18-19-51-20-21-52-22-23-53-24-25-54-26-27-55-28-29-56-30-31-58-38-8-9-44(46)39-32-36-6-7-37(59-34-57-15-13-48-2)41-40(36)43(44,42(38)60-41)10-11-45(39)33-35-4-3-5-35/h6-7,35,38-39,42,46H,3-5,8-34H2,1-2H3/t38?,39-,42+,43+,44-/m1/s1. The molecule has 6 rings (SSSR count). The summed E-state index contributed by atoms with van der Waals surface area (Å²) < 4.78 is 79.8. The molecule has 1 unspecified atom stereocenters. The second-order valence-corrected chi connectivity index (χ2v) is 16.1. The van der Waals surface area contributed by atoms with Crippen LogP contribution in [-0.2, 0) is 68.7 Å². The number of hydrogen-bond donors (Lipinski definition) is 1. The number of rotatable bonds is 36. The van der Waals surface area contributed by atoms with Gasteiger partial charge in [-0.15, -0.1) is 0 Å². The van der Waals surface area contributed by atoms with E-state index in [1.165, 1.54) is 24.8 Å². The molecule has 5 aliphatic rings. The van der Waals surface area contributed by atoms with Crippen LogP contribution >= 0.6 is 0 Å². The van der Waals surface area contributed by atoms with Gasteiger partial charge in [0.1, 0.15) is 6.10 Å². The summed E-state index contributed by atoms with van der Waals surface area (Å²) >= 11 is 0. The Hall–Kier alpha value is -1.74. The van der Waals surface area contributed by atoms with Gasteiger partial charge in [0.2, 0.25) is 0 Å². The van der Waals surface area contributed by atoms with Gasteiger partial charge in [0.25, 0.3) is 0 Å². The normalized spacial score (nSPS) is 25.6. The van der Waals surface area contributed by atoms with E-state index >= 15 is 0 Å². The van der Waals surface area contributed by atoms with Crippen LogP contribution in [0.2, 0.25) is 0 Å². The summed E-state index contributed by atoms with van der Waals surface area (Å²) in [6.45, 7) is 12.2. The highest BCUT2D eigenvalue weighted by atomic mass is 16.7. The van der Waals surface area contributed by atoms with Crippen molar-refractivity contribution in [1.29, 1.82) is 0 Å². The Morgan fingerprint density at radius 1 is 0.633 bits per heavy atom. The largest absolute Gasteiger partial charge is 0.482 e. The molecule has 344 valence electrons. The first kappa shape index (κ1) is 47.7. The second-order valence-electron chi connectivity index (χ2n) is 16.1. The van der Waals surface area contributed by atoms with Crippen molar-refractivity contribution in [1.82, 2.24) is 4.90 Å². The van der Waals surface area contributed by atoms with Crippen molar-refractivity contribution < 1.29 is 71.4 Å². The summed E-state index contributed by atoms with van der Waals surface area (Å²) in [7, 11) is 3.30. The van der Waals surface area contributed by atoms with E-state index in [1.54, 1.807) is 14.2 Å². The molecular weight excluding hydrogens is 782 g/mol.